The predicted octanol–water partition coefficient (Wildman–Crippen LogP) is 1.10. The van der Waals surface area contributed by atoms with Crippen LogP contribution in [0.1, 0.15) is 0 Å². The molecule has 0 saturated heterocycles. The standard InChI is InChI=1S/C8H10N4O2S/c1-11(9)8(15)10-6-4-2-3-5-7(6)12(13)14/h2-5H,9H2,1H3,(H,10,15). The van der Waals surface area contributed by atoms with Crippen molar-refractivity contribution >= 4 is 28.7 Å². The molecule has 7 heteroatoms. The van der Waals surface area contributed by atoms with Gasteiger partial charge in [-0.3, -0.25) is 15.1 Å². The van der Waals surface area contributed by atoms with Crippen LogP contribution < -0.4 is 11.2 Å². The van der Waals surface area contributed by atoms with Crippen molar-refractivity contribution in [1.29, 1.82) is 0 Å². The van der Waals surface area contributed by atoms with Gasteiger partial charge in [0.05, 0.1) is 4.92 Å². The van der Waals surface area contributed by atoms with Crippen molar-refractivity contribution in [2.75, 3.05) is 12.4 Å². The van der Waals surface area contributed by atoms with Crippen molar-refractivity contribution in [3.8, 4) is 0 Å². The molecular formula is C8H10N4O2S. The topological polar surface area (TPSA) is 84.4 Å². The van der Waals surface area contributed by atoms with Gasteiger partial charge in [-0.25, -0.2) is 5.84 Å². The van der Waals surface area contributed by atoms with Crippen molar-refractivity contribution < 1.29 is 4.92 Å². The van der Waals surface area contributed by atoms with Crippen LogP contribution in [0, 0.1) is 10.1 Å². The lowest BCUT2D eigenvalue weighted by atomic mass is 10.3. The van der Waals surface area contributed by atoms with Gasteiger partial charge in [0.15, 0.2) is 5.11 Å². The molecule has 6 nitrogen and oxygen atoms in total. The van der Waals surface area contributed by atoms with Gasteiger partial charge in [-0.05, 0) is 18.3 Å². The largest absolute Gasteiger partial charge is 0.326 e. The van der Waals surface area contributed by atoms with Gasteiger partial charge in [0.1, 0.15) is 5.69 Å². The second-order valence-corrected chi connectivity index (χ2v) is 3.20. The Balaban J connectivity index is 2.94. The third-order valence-electron chi connectivity index (χ3n) is 1.66. The number of rotatable bonds is 2. The van der Waals surface area contributed by atoms with E-state index in [9.17, 15) is 10.1 Å². The number of nitrogens with zero attached hydrogens (tertiary/aromatic N) is 2. The van der Waals surface area contributed by atoms with Gasteiger partial charge < -0.3 is 5.32 Å². The monoisotopic (exact) mass is 226 g/mol. The molecular weight excluding hydrogens is 216 g/mol. The summed E-state index contributed by atoms with van der Waals surface area (Å²) < 4.78 is 0. The zero-order valence-corrected chi connectivity index (χ0v) is 8.82. The van der Waals surface area contributed by atoms with Crippen molar-refractivity contribution in [3.63, 3.8) is 0 Å². The maximum absolute atomic E-state index is 10.7. The predicted molar refractivity (Wildman–Crippen MR) is 61.3 cm³/mol. The van der Waals surface area contributed by atoms with Crippen LogP contribution in [0.2, 0.25) is 0 Å². The third kappa shape index (κ3) is 2.86. The lowest BCUT2D eigenvalue weighted by Gasteiger charge is -2.14. The highest BCUT2D eigenvalue weighted by Gasteiger charge is 2.13. The van der Waals surface area contributed by atoms with E-state index in [1.54, 1.807) is 25.2 Å². The lowest BCUT2D eigenvalue weighted by molar-refractivity contribution is -0.383. The summed E-state index contributed by atoms with van der Waals surface area (Å²) in [5.41, 5.74) is 0.284. The van der Waals surface area contributed by atoms with Gasteiger partial charge in [-0.2, -0.15) is 0 Å². The van der Waals surface area contributed by atoms with E-state index in [0.29, 0.717) is 5.69 Å². The quantitative estimate of drug-likeness (QED) is 0.340. The molecule has 0 amide bonds. The summed E-state index contributed by atoms with van der Waals surface area (Å²) in [6, 6.07) is 6.21. The first-order chi connectivity index (χ1) is 7.02. The molecule has 0 unspecified atom stereocenters. The maximum atomic E-state index is 10.7. The number of anilines is 1. The number of hydrogen-bond acceptors (Lipinski definition) is 4. The fraction of sp³-hybridized carbons (Fsp3) is 0.125. The van der Waals surface area contributed by atoms with Gasteiger partial charge in [-0.1, -0.05) is 12.1 Å². The first kappa shape index (κ1) is 11.3. The molecule has 1 aromatic rings. The van der Waals surface area contributed by atoms with Crippen LogP contribution in [0.3, 0.4) is 0 Å². The fourth-order valence-electron chi connectivity index (χ4n) is 0.942. The van der Waals surface area contributed by atoms with Gasteiger partial charge in [0.2, 0.25) is 0 Å². The second-order valence-electron chi connectivity index (χ2n) is 2.82. The summed E-state index contributed by atoms with van der Waals surface area (Å²) in [7, 11) is 1.55. The van der Waals surface area contributed by atoms with E-state index < -0.39 is 4.92 Å². The molecule has 80 valence electrons. The SMILES string of the molecule is CN(N)C(=S)Nc1ccccc1[N+](=O)[O-]. The minimum absolute atomic E-state index is 0.0401. The van der Waals surface area contributed by atoms with E-state index in [1.807, 2.05) is 0 Å². The molecule has 0 bridgehead atoms. The number of hydrogen-bond donors (Lipinski definition) is 2. The zero-order valence-electron chi connectivity index (χ0n) is 8.01. The molecule has 0 spiro atoms. The summed E-state index contributed by atoms with van der Waals surface area (Å²) >= 11 is 4.87. The average Bonchev–Trinajstić information content (AvgIpc) is 2.18. The Morgan fingerprint density at radius 3 is 2.73 bits per heavy atom. The normalized spacial score (nSPS) is 9.47. The van der Waals surface area contributed by atoms with Crippen LogP contribution in [0.4, 0.5) is 11.4 Å². The van der Waals surface area contributed by atoms with Crippen LogP contribution in [0.5, 0.6) is 0 Å². The van der Waals surface area contributed by atoms with Crippen LogP contribution in [-0.2, 0) is 0 Å². The number of nitrogens with two attached hydrogens (primary N) is 1. The van der Waals surface area contributed by atoms with Crippen LogP contribution in [0.25, 0.3) is 0 Å². The Morgan fingerprint density at radius 2 is 2.20 bits per heavy atom. The Hall–Kier alpha value is -1.73. The highest BCUT2D eigenvalue weighted by atomic mass is 32.1. The molecule has 0 aliphatic carbocycles. The molecule has 1 rings (SSSR count). The number of para-hydroxylation sites is 2. The first-order valence-electron chi connectivity index (χ1n) is 4.05. The first-order valence-corrected chi connectivity index (χ1v) is 4.46. The molecule has 0 aliphatic rings. The molecule has 3 N–H and O–H groups in total. The van der Waals surface area contributed by atoms with Crippen molar-refractivity contribution in [3.05, 3.63) is 34.4 Å². The Morgan fingerprint density at radius 1 is 1.60 bits per heavy atom. The average molecular weight is 226 g/mol. The molecule has 0 aliphatic heterocycles. The van der Waals surface area contributed by atoms with Gasteiger partial charge in [0, 0.05) is 13.1 Å². The van der Waals surface area contributed by atoms with E-state index in [1.165, 1.54) is 11.1 Å². The highest BCUT2D eigenvalue weighted by molar-refractivity contribution is 7.80. The molecule has 0 fully saturated rings. The molecule has 15 heavy (non-hydrogen) atoms. The fourth-order valence-corrected chi connectivity index (χ4v) is 1.05. The summed E-state index contributed by atoms with van der Waals surface area (Å²) in [6.07, 6.45) is 0. The van der Waals surface area contributed by atoms with Crippen LogP contribution >= 0.6 is 12.2 Å². The Labute approximate surface area is 91.8 Å². The van der Waals surface area contributed by atoms with Crippen LogP contribution in [0.15, 0.2) is 24.3 Å². The van der Waals surface area contributed by atoms with E-state index >= 15 is 0 Å². The van der Waals surface area contributed by atoms with E-state index in [0.717, 1.165) is 0 Å². The molecule has 0 radical (unpaired) electrons. The van der Waals surface area contributed by atoms with E-state index in [2.05, 4.69) is 5.32 Å². The number of hydrazine groups is 1. The number of nitrogens with one attached hydrogen (secondary N) is 1. The molecule has 0 heterocycles. The summed E-state index contributed by atoms with van der Waals surface area (Å²) in [4.78, 5) is 10.2. The minimum atomic E-state index is -0.485. The second kappa shape index (κ2) is 4.67. The number of nitro benzene ring substituents is 1. The van der Waals surface area contributed by atoms with Gasteiger partial charge in [0.25, 0.3) is 5.69 Å². The third-order valence-corrected chi connectivity index (χ3v) is 2.05. The van der Waals surface area contributed by atoms with Crippen molar-refractivity contribution in [1.82, 2.24) is 5.01 Å². The highest BCUT2D eigenvalue weighted by Crippen LogP contribution is 2.23. The summed E-state index contributed by atoms with van der Waals surface area (Å²) in [6.45, 7) is 0. The molecule has 0 atom stereocenters. The Kier molecular flexibility index (Phi) is 3.53. The smallest absolute Gasteiger partial charge is 0.292 e. The van der Waals surface area contributed by atoms with E-state index in [4.69, 9.17) is 18.1 Å². The van der Waals surface area contributed by atoms with Crippen molar-refractivity contribution in [2.24, 2.45) is 5.84 Å². The van der Waals surface area contributed by atoms with Gasteiger partial charge in [-0.15, -0.1) is 0 Å². The van der Waals surface area contributed by atoms with E-state index in [-0.39, 0.29) is 10.8 Å². The Bertz CT molecular complexity index is 394. The zero-order chi connectivity index (χ0) is 11.4. The number of nitro groups is 1. The summed E-state index contributed by atoms with van der Waals surface area (Å²) in [5, 5.41) is 14.7. The number of benzene rings is 1. The molecule has 1 aromatic carbocycles. The van der Waals surface area contributed by atoms with Crippen LogP contribution in [-0.4, -0.2) is 22.1 Å². The minimum Gasteiger partial charge on any atom is -0.326 e. The maximum Gasteiger partial charge on any atom is 0.292 e. The van der Waals surface area contributed by atoms with Gasteiger partial charge >= 0.3 is 0 Å². The molecule has 0 saturated carbocycles. The number of thiocarbonyl (C=S) groups is 1. The lowest BCUT2D eigenvalue weighted by Crippen LogP contribution is -2.36. The van der Waals surface area contributed by atoms with Crippen molar-refractivity contribution in [2.45, 2.75) is 0 Å². The molecule has 0 aromatic heterocycles. The summed E-state index contributed by atoms with van der Waals surface area (Å²) in [5.74, 6) is 5.37.